The van der Waals surface area contributed by atoms with Crippen LogP contribution in [0.5, 0.6) is 0 Å². The van der Waals surface area contributed by atoms with Gasteiger partial charge in [-0.3, -0.25) is 4.90 Å². The highest BCUT2D eigenvalue weighted by atomic mass is 15.3. The van der Waals surface area contributed by atoms with Crippen molar-refractivity contribution in [2.24, 2.45) is 17.6 Å². The summed E-state index contributed by atoms with van der Waals surface area (Å²) < 4.78 is 0. The average molecular weight is 253 g/mol. The third kappa shape index (κ3) is 2.73. The standard InChI is InChI=1S/C15H31N3/c1-4-7-17-8-5-15(12-16,6-9-17)18-10-13(2)14(3)11-18/h13-14H,4-12,16H2,1-3H3. The lowest BCUT2D eigenvalue weighted by molar-refractivity contribution is 0.0400. The number of nitrogens with zero attached hydrogens (tertiary/aromatic N) is 2. The Hall–Kier alpha value is -0.120. The predicted molar refractivity (Wildman–Crippen MR) is 77.7 cm³/mol. The molecule has 0 spiro atoms. The van der Waals surface area contributed by atoms with Gasteiger partial charge in [-0.25, -0.2) is 0 Å². The normalized spacial score (nSPS) is 34.0. The molecule has 2 rings (SSSR count). The Morgan fingerprint density at radius 3 is 2.11 bits per heavy atom. The second kappa shape index (κ2) is 5.89. The molecule has 2 unspecified atom stereocenters. The molecule has 0 aromatic rings. The summed E-state index contributed by atoms with van der Waals surface area (Å²) in [6, 6.07) is 0. The summed E-state index contributed by atoms with van der Waals surface area (Å²) in [5, 5.41) is 0. The maximum atomic E-state index is 6.17. The maximum Gasteiger partial charge on any atom is 0.0356 e. The molecule has 2 heterocycles. The van der Waals surface area contributed by atoms with E-state index in [1.165, 1.54) is 52.0 Å². The minimum absolute atomic E-state index is 0.309. The highest BCUT2D eigenvalue weighted by Gasteiger charge is 2.42. The number of piperidine rings is 1. The van der Waals surface area contributed by atoms with E-state index in [0.717, 1.165) is 18.4 Å². The Bertz CT molecular complexity index is 248. The zero-order valence-electron chi connectivity index (χ0n) is 12.5. The molecule has 2 aliphatic heterocycles. The van der Waals surface area contributed by atoms with Gasteiger partial charge in [0, 0.05) is 25.2 Å². The molecule has 0 aromatic heterocycles. The summed E-state index contributed by atoms with van der Waals surface area (Å²) in [5.74, 6) is 1.67. The first-order valence-corrected chi connectivity index (χ1v) is 7.79. The van der Waals surface area contributed by atoms with Crippen LogP contribution in [0.4, 0.5) is 0 Å². The molecule has 3 heteroatoms. The molecule has 2 aliphatic rings. The minimum Gasteiger partial charge on any atom is -0.329 e. The molecule has 0 aliphatic carbocycles. The van der Waals surface area contributed by atoms with Crippen molar-refractivity contribution in [1.82, 2.24) is 9.80 Å². The third-order valence-corrected chi connectivity index (χ3v) is 5.37. The molecule has 106 valence electrons. The molecule has 0 radical (unpaired) electrons. The summed E-state index contributed by atoms with van der Waals surface area (Å²) in [5.41, 5.74) is 6.48. The quantitative estimate of drug-likeness (QED) is 0.829. The molecule has 2 N–H and O–H groups in total. The maximum absolute atomic E-state index is 6.17. The van der Waals surface area contributed by atoms with Gasteiger partial charge in [-0.05, 0) is 50.7 Å². The van der Waals surface area contributed by atoms with Gasteiger partial charge in [-0.1, -0.05) is 20.8 Å². The van der Waals surface area contributed by atoms with Crippen molar-refractivity contribution in [3.8, 4) is 0 Å². The second-order valence-electron chi connectivity index (χ2n) is 6.63. The van der Waals surface area contributed by atoms with Crippen LogP contribution in [0.2, 0.25) is 0 Å². The van der Waals surface area contributed by atoms with Crippen molar-refractivity contribution >= 4 is 0 Å². The first-order chi connectivity index (χ1) is 8.61. The molecule has 2 fully saturated rings. The first kappa shape index (κ1) is 14.3. The van der Waals surface area contributed by atoms with Gasteiger partial charge in [0.05, 0.1) is 0 Å². The van der Waals surface area contributed by atoms with Crippen LogP contribution in [0.1, 0.15) is 40.0 Å². The van der Waals surface area contributed by atoms with Crippen molar-refractivity contribution < 1.29 is 0 Å². The first-order valence-electron chi connectivity index (χ1n) is 7.79. The lowest BCUT2D eigenvalue weighted by atomic mass is 9.85. The van der Waals surface area contributed by atoms with E-state index in [0.29, 0.717) is 5.54 Å². The van der Waals surface area contributed by atoms with E-state index in [2.05, 4.69) is 30.6 Å². The minimum atomic E-state index is 0.309. The molecule has 18 heavy (non-hydrogen) atoms. The van der Waals surface area contributed by atoms with Crippen molar-refractivity contribution in [3.05, 3.63) is 0 Å². The van der Waals surface area contributed by atoms with Crippen LogP contribution in [0.15, 0.2) is 0 Å². The highest BCUT2D eigenvalue weighted by molar-refractivity contribution is 4.99. The largest absolute Gasteiger partial charge is 0.329 e. The molecule has 2 saturated heterocycles. The smallest absolute Gasteiger partial charge is 0.0356 e. The second-order valence-corrected chi connectivity index (χ2v) is 6.63. The Balaban J connectivity index is 1.96. The fourth-order valence-electron chi connectivity index (χ4n) is 3.68. The van der Waals surface area contributed by atoms with Crippen molar-refractivity contribution in [2.45, 2.75) is 45.6 Å². The van der Waals surface area contributed by atoms with Crippen LogP contribution >= 0.6 is 0 Å². The topological polar surface area (TPSA) is 32.5 Å². The number of likely N-dealkylation sites (tertiary alicyclic amines) is 2. The highest BCUT2D eigenvalue weighted by Crippen LogP contribution is 2.35. The molecule has 0 aromatic carbocycles. The lowest BCUT2D eigenvalue weighted by Gasteiger charge is -2.47. The summed E-state index contributed by atoms with van der Waals surface area (Å²) in [4.78, 5) is 5.32. The van der Waals surface area contributed by atoms with E-state index in [9.17, 15) is 0 Å². The molecule has 0 amide bonds. The molecule has 0 bridgehead atoms. The van der Waals surface area contributed by atoms with Gasteiger partial charge in [0.15, 0.2) is 0 Å². The lowest BCUT2D eigenvalue weighted by Crippen LogP contribution is -2.58. The summed E-state index contributed by atoms with van der Waals surface area (Å²) >= 11 is 0. The van der Waals surface area contributed by atoms with E-state index < -0.39 is 0 Å². The van der Waals surface area contributed by atoms with Gasteiger partial charge >= 0.3 is 0 Å². The van der Waals surface area contributed by atoms with E-state index in [-0.39, 0.29) is 0 Å². The molecule has 0 saturated carbocycles. The van der Waals surface area contributed by atoms with Crippen LogP contribution in [-0.4, -0.2) is 54.6 Å². The third-order valence-electron chi connectivity index (χ3n) is 5.37. The van der Waals surface area contributed by atoms with Crippen molar-refractivity contribution in [2.75, 3.05) is 39.3 Å². The van der Waals surface area contributed by atoms with Gasteiger partial charge < -0.3 is 10.6 Å². The van der Waals surface area contributed by atoms with Crippen LogP contribution in [0.3, 0.4) is 0 Å². The Kier molecular flexibility index (Phi) is 4.68. The number of hydrogen-bond donors (Lipinski definition) is 1. The zero-order valence-corrected chi connectivity index (χ0v) is 12.5. The average Bonchev–Trinajstić information content (AvgIpc) is 2.72. The fraction of sp³-hybridized carbons (Fsp3) is 1.00. The summed E-state index contributed by atoms with van der Waals surface area (Å²) in [7, 11) is 0. The molecular weight excluding hydrogens is 222 g/mol. The predicted octanol–water partition coefficient (Wildman–Crippen LogP) is 1.78. The monoisotopic (exact) mass is 253 g/mol. The summed E-state index contributed by atoms with van der Waals surface area (Å²) in [6.45, 7) is 14.1. The van der Waals surface area contributed by atoms with Crippen LogP contribution in [0, 0.1) is 11.8 Å². The molecule has 2 atom stereocenters. The van der Waals surface area contributed by atoms with E-state index >= 15 is 0 Å². The van der Waals surface area contributed by atoms with Crippen molar-refractivity contribution in [3.63, 3.8) is 0 Å². The number of hydrogen-bond acceptors (Lipinski definition) is 3. The van der Waals surface area contributed by atoms with Crippen LogP contribution < -0.4 is 5.73 Å². The number of nitrogens with two attached hydrogens (primary N) is 1. The van der Waals surface area contributed by atoms with Gasteiger partial charge in [0.1, 0.15) is 0 Å². The number of rotatable bonds is 4. The zero-order chi connectivity index (χ0) is 13.2. The summed E-state index contributed by atoms with van der Waals surface area (Å²) in [6.07, 6.45) is 3.80. The Labute approximate surface area is 113 Å². The van der Waals surface area contributed by atoms with E-state index in [1.807, 2.05) is 0 Å². The van der Waals surface area contributed by atoms with Gasteiger partial charge in [0.2, 0.25) is 0 Å². The van der Waals surface area contributed by atoms with Crippen LogP contribution in [0.25, 0.3) is 0 Å². The van der Waals surface area contributed by atoms with Crippen LogP contribution in [-0.2, 0) is 0 Å². The Morgan fingerprint density at radius 2 is 1.67 bits per heavy atom. The van der Waals surface area contributed by atoms with E-state index in [4.69, 9.17) is 5.73 Å². The van der Waals surface area contributed by atoms with Gasteiger partial charge in [-0.2, -0.15) is 0 Å². The fourth-order valence-corrected chi connectivity index (χ4v) is 3.68. The molecular formula is C15H31N3. The Morgan fingerprint density at radius 1 is 1.11 bits per heavy atom. The van der Waals surface area contributed by atoms with Gasteiger partial charge in [-0.15, -0.1) is 0 Å². The van der Waals surface area contributed by atoms with Crippen molar-refractivity contribution in [1.29, 1.82) is 0 Å². The van der Waals surface area contributed by atoms with E-state index in [1.54, 1.807) is 0 Å². The van der Waals surface area contributed by atoms with Gasteiger partial charge in [0.25, 0.3) is 0 Å². The molecule has 3 nitrogen and oxygen atoms in total. The SMILES string of the molecule is CCCN1CCC(CN)(N2CC(C)C(C)C2)CC1.